The Hall–Kier alpha value is -1.74. The average molecular weight is 248 g/mol. The molecule has 17 heavy (non-hydrogen) atoms. The van der Waals surface area contributed by atoms with Gasteiger partial charge in [0.1, 0.15) is 5.82 Å². The zero-order chi connectivity index (χ0) is 12.1. The molecule has 0 bridgehead atoms. The Bertz CT molecular complexity index is 482. The molecule has 1 aromatic carbocycles. The van der Waals surface area contributed by atoms with Crippen molar-refractivity contribution in [2.24, 2.45) is 0 Å². The molecule has 88 valence electrons. The van der Waals surface area contributed by atoms with E-state index in [4.69, 9.17) is 11.6 Å². The molecule has 0 aliphatic heterocycles. The number of aromatic nitrogens is 1. The molecular weight excluding hydrogens is 234 g/mol. The lowest BCUT2D eigenvalue weighted by Crippen LogP contribution is -2.00. The quantitative estimate of drug-likeness (QED) is 0.870. The maximum Gasteiger partial charge on any atom is 0.127 e. The van der Waals surface area contributed by atoms with E-state index in [1.165, 1.54) is 5.56 Å². The highest BCUT2D eigenvalue weighted by Gasteiger charge is 1.96. The standard InChI is InChI=1S/C13H14ClN3/c1-15-13-8-12(6-7-16-13)17-9-10-2-4-11(14)5-3-10/h2-8H,9H2,1H3,(H2,15,16,17). The molecule has 0 saturated carbocycles. The van der Waals surface area contributed by atoms with Crippen molar-refractivity contribution >= 4 is 23.1 Å². The highest BCUT2D eigenvalue weighted by Crippen LogP contribution is 2.14. The number of pyridine rings is 1. The molecule has 0 spiro atoms. The SMILES string of the molecule is CNc1cc(NCc2ccc(Cl)cc2)ccn1. The molecule has 0 amide bonds. The molecule has 0 unspecified atom stereocenters. The van der Waals surface area contributed by atoms with Gasteiger partial charge in [0.25, 0.3) is 0 Å². The first-order valence-corrected chi connectivity index (χ1v) is 5.78. The lowest BCUT2D eigenvalue weighted by Gasteiger charge is -2.07. The number of anilines is 2. The molecule has 4 heteroatoms. The van der Waals surface area contributed by atoms with Crippen LogP contribution in [0.3, 0.4) is 0 Å². The molecule has 1 aromatic heterocycles. The van der Waals surface area contributed by atoms with E-state index in [1.54, 1.807) is 6.20 Å². The molecule has 2 N–H and O–H groups in total. The fourth-order valence-electron chi connectivity index (χ4n) is 1.48. The van der Waals surface area contributed by atoms with Gasteiger partial charge in [-0.3, -0.25) is 0 Å². The Labute approximate surface area is 106 Å². The summed E-state index contributed by atoms with van der Waals surface area (Å²) in [5, 5.41) is 7.10. The van der Waals surface area contributed by atoms with Gasteiger partial charge in [-0.1, -0.05) is 23.7 Å². The van der Waals surface area contributed by atoms with Crippen LogP contribution in [0.2, 0.25) is 5.02 Å². The molecule has 0 saturated heterocycles. The van der Waals surface area contributed by atoms with Gasteiger partial charge in [0.15, 0.2) is 0 Å². The third-order valence-corrected chi connectivity index (χ3v) is 2.68. The predicted molar refractivity (Wildman–Crippen MR) is 72.6 cm³/mol. The van der Waals surface area contributed by atoms with Crippen molar-refractivity contribution < 1.29 is 0 Å². The Kier molecular flexibility index (Phi) is 3.83. The Morgan fingerprint density at radius 2 is 1.94 bits per heavy atom. The molecule has 2 rings (SSSR count). The molecule has 0 fully saturated rings. The van der Waals surface area contributed by atoms with Crippen molar-refractivity contribution in [3.05, 3.63) is 53.2 Å². The summed E-state index contributed by atoms with van der Waals surface area (Å²) in [7, 11) is 1.85. The van der Waals surface area contributed by atoms with E-state index in [-0.39, 0.29) is 0 Å². The number of nitrogens with zero attached hydrogens (tertiary/aromatic N) is 1. The van der Waals surface area contributed by atoms with Gasteiger partial charge < -0.3 is 10.6 Å². The summed E-state index contributed by atoms with van der Waals surface area (Å²) < 4.78 is 0. The van der Waals surface area contributed by atoms with Crippen LogP contribution >= 0.6 is 11.6 Å². The summed E-state index contributed by atoms with van der Waals surface area (Å²) in [6, 6.07) is 11.7. The van der Waals surface area contributed by atoms with Gasteiger partial charge in [0.2, 0.25) is 0 Å². The maximum absolute atomic E-state index is 5.83. The molecule has 1 heterocycles. The van der Waals surface area contributed by atoms with Crippen LogP contribution in [0.4, 0.5) is 11.5 Å². The minimum Gasteiger partial charge on any atom is -0.381 e. The first kappa shape index (κ1) is 11.7. The first-order chi connectivity index (χ1) is 8.28. The van der Waals surface area contributed by atoms with Gasteiger partial charge in [0.05, 0.1) is 0 Å². The first-order valence-electron chi connectivity index (χ1n) is 5.40. The lowest BCUT2D eigenvalue weighted by atomic mass is 10.2. The normalized spacial score (nSPS) is 10.0. The summed E-state index contributed by atoms with van der Waals surface area (Å²) in [4.78, 5) is 4.16. The average Bonchev–Trinajstić information content (AvgIpc) is 2.38. The summed E-state index contributed by atoms with van der Waals surface area (Å²) in [6.45, 7) is 0.768. The van der Waals surface area contributed by atoms with Gasteiger partial charge in [-0.15, -0.1) is 0 Å². The molecular formula is C13H14ClN3. The second kappa shape index (κ2) is 5.55. The summed E-state index contributed by atoms with van der Waals surface area (Å²) in [5.41, 5.74) is 2.23. The summed E-state index contributed by atoms with van der Waals surface area (Å²) in [6.07, 6.45) is 1.77. The Morgan fingerprint density at radius 1 is 1.18 bits per heavy atom. The fourth-order valence-corrected chi connectivity index (χ4v) is 1.61. The van der Waals surface area contributed by atoms with Gasteiger partial charge in [-0.2, -0.15) is 0 Å². The van der Waals surface area contributed by atoms with Crippen molar-refractivity contribution in [1.29, 1.82) is 0 Å². The van der Waals surface area contributed by atoms with Crippen LogP contribution in [-0.2, 0) is 6.54 Å². The lowest BCUT2D eigenvalue weighted by molar-refractivity contribution is 1.14. The van der Waals surface area contributed by atoms with Crippen LogP contribution in [0.15, 0.2) is 42.6 Å². The van der Waals surface area contributed by atoms with Crippen LogP contribution in [0.5, 0.6) is 0 Å². The Morgan fingerprint density at radius 3 is 2.65 bits per heavy atom. The van der Waals surface area contributed by atoms with Crippen LogP contribution < -0.4 is 10.6 Å². The van der Waals surface area contributed by atoms with Gasteiger partial charge >= 0.3 is 0 Å². The van der Waals surface area contributed by atoms with Crippen molar-refractivity contribution in [3.63, 3.8) is 0 Å². The van der Waals surface area contributed by atoms with Gasteiger partial charge in [-0.25, -0.2) is 4.98 Å². The highest BCUT2D eigenvalue weighted by atomic mass is 35.5. The molecule has 3 nitrogen and oxygen atoms in total. The zero-order valence-corrected chi connectivity index (χ0v) is 10.3. The minimum atomic E-state index is 0.759. The minimum absolute atomic E-state index is 0.759. The third-order valence-electron chi connectivity index (χ3n) is 2.43. The molecule has 0 aliphatic carbocycles. The van der Waals surface area contributed by atoms with E-state index in [0.29, 0.717) is 0 Å². The van der Waals surface area contributed by atoms with Gasteiger partial charge in [0, 0.05) is 36.6 Å². The molecule has 0 radical (unpaired) electrons. The summed E-state index contributed by atoms with van der Waals surface area (Å²) >= 11 is 5.83. The van der Waals surface area contributed by atoms with Crippen LogP contribution in [0, 0.1) is 0 Å². The van der Waals surface area contributed by atoms with E-state index in [1.807, 2.05) is 43.4 Å². The highest BCUT2D eigenvalue weighted by molar-refractivity contribution is 6.30. The fraction of sp³-hybridized carbons (Fsp3) is 0.154. The third kappa shape index (κ3) is 3.36. The van der Waals surface area contributed by atoms with E-state index in [0.717, 1.165) is 23.1 Å². The molecule has 0 atom stereocenters. The molecule has 2 aromatic rings. The van der Waals surface area contributed by atoms with Crippen molar-refractivity contribution in [1.82, 2.24) is 4.98 Å². The van der Waals surface area contributed by atoms with Crippen LogP contribution in [-0.4, -0.2) is 12.0 Å². The number of halogens is 1. The number of benzene rings is 1. The van der Waals surface area contributed by atoms with Crippen molar-refractivity contribution in [2.45, 2.75) is 6.54 Å². The second-order valence-electron chi connectivity index (χ2n) is 3.66. The van der Waals surface area contributed by atoms with Crippen LogP contribution in [0.25, 0.3) is 0 Å². The smallest absolute Gasteiger partial charge is 0.127 e. The van der Waals surface area contributed by atoms with E-state index in [9.17, 15) is 0 Å². The van der Waals surface area contributed by atoms with Crippen LogP contribution in [0.1, 0.15) is 5.56 Å². The van der Waals surface area contributed by atoms with E-state index >= 15 is 0 Å². The van der Waals surface area contributed by atoms with Crippen molar-refractivity contribution in [2.75, 3.05) is 17.7 Å². The van der Waals surface area contributed by atoms with Crippen molar-refractivity contribution in [3.8, 4) is 0 Å². The number of rotatable bonds is 4. The monoisotopic (exact) mass is 247 g/mol. The largest absolute Gasteiger partial charge is 0.381 e. The number of hydrogen-bond acceptors (Lipinski definition) is 3. The predicted octanol–water partition coefficient (Wildman–Crippen LogP) is 3.39. The zero-order valence-electron chi connectivity index (χ0n) is 9.57. The van der Waals surface area contributed by atoms with Gasteiger partial charge in [-0.05, 0) is 23.8 Å². The maximum atomic E-state index is 5.83. The molecule has 0 aliphatic rings. The Balaban J connectivity index is 1.99. The number of hydrogen-bond donors (Lipinski definition) is 2. The number of nitrogens with one attached hydrogen (secondary N) is 2. The topological polar surface area (TPSA) is 37.0 Å². The summed E-state index contributed by atoms with van der Waals surface area (Å²) in [5.74, 6) is 0.853. The van der Waals surface area contributed by atoms with E-state index in [2.05, 4.69) is 15.6 Å². The second-order valence-corrected chi connectivity index (χ2v) is 4.10. The van der Waals surface area contributed by atoms with E-state index < -0.39 is 0 Å².